The molecule has 0 spiro atoms. The maximum atomic E-state index is 11.4. The number of hydrogen-bond acceptors (Lipinski definition) is 4. The number of carbonyl (C=O) groups is 1. The van der Waals surface area contributed by atoms with Crippen molar-refractivity contribution in [3.63, 3.8) is 0 Å². The Morgan fingerprint density at radius 2 is 1.94 bits per heavy atom. The monoisotopic (exact) mass is 275 g/mol. The number of carbonyl (C=O) groups excluding carboxylic acids is 1. The van der Waals surface area contributed by atoms with Crippen molar-refractivity contribution < 1.29 is 9.53 Å². The fourth-order valence-corrected chi connectivity index (χ4v) is 1.58. The van der Waals surface area contributed by atoms with Gasteiger partial charge in [-0.1, -0.05) is 23.8 Å². The molecule has 1 rings (SSSR count). The lowest BCUT2D eigenvalue weighted by Crippen LogP contribution is -2.18. The van der Waals surface area contributed by atoms with Crippen LogP contribution < -0.4 is 4.74 Å². The molecule has 0 atom stereocenters. The molecular weight excluding hydrogens is 266 g/mol. The van der Waals surface area contributed by atoms with E-state index in [1.165, 1.54) is 0 Å². The van der Waals surface area contributed by atoms with Crippen molar-refractivity contribution in [3.05, 3.63) is 29.3 Å². The first kappa shape index (κ1) is 13.3. The van der Waals surface area contributed by atoms with E-state index in [1.54, 1.807) is 43.3 Å². The fourth-order valence-electron chi connectivity index (χ4n) is 0.782. The van der Waals surface area contributed by atoms with E-state index >= 15 is 0 Å². The summed E-state index contributed by atoms with van der Waals surface area (Å²) in [6, 6.07) is 6.55. The highest BCUT2D eigenvalue weighted by Gasteiger charge is 2.10. The van der Waals surface area contributed by atoms with Gasteiger partial charge in [-0.15, -0.1) is 0 Å². The Hall–Kier alpha value is -0.780. The van der Waals surface area contributed by atoms with Crippen molar-refractivity contribution in [1.29, 1.82) is 0 Å². The summed E-state index contributed by atoms with van der Waals surface area (Å²) >= 11 is 11.5. The van der Waals surface area contributed by atoms with Crippen LogP contribution in [0, 0.1) is 0 Å². The molecule has 0 aliphatic rings. The van der Waals surface area contributed by atoms with Crippen molar-refractivity contribution in [1.82, 2.24) is 4.90 Å². The van der Waals surface area contributed by atoms with Gasteiger partial charge in [0.1, 0.15) is 10.1 Å². The zero-order valence-electron chi connectivity index (χ0n) is 8.77. The molecule has 0 saturated carbocycles. The van der Waals surface area contributed by atoms with Crippen LogP contribution in [0.2, 0.25) is 5.02 Å². The van der Waals surface area contributed by atoms with Crippen LogP contribution in [0.4, 0.5) is 4.79 Å². The lowest BCUT2D eigenvalue weighted by molar-refractivity contribution is 0.227. The summed E-state index contributed by atoms with van der Waals surface area (Å²) in [4.78, 5) is 13.1. The van der Waals surface area contributed by atoms with E-state index in [9.17, 15) is 4.79 Å². The molecule has 16 heavy (non-hydrogen) atoms. The predicted octanol–water partition coefficient (Wildman–Crippen LogP) is 3.42. The van der Waals surface area contributed by atoms with Gasteiger partial charge in [-0.05, 0) is 24.3 Å². The third-order valence-corrected chi connectivity index (χ3v) is 3.21. The molecule has 0 saturated heterocycles. The average molecular weight is 276 g/mol. The summed E-state index contributed by atoms with van der Waals surface area (Å²) in [6.45, 7) is 0. The minimum absolute atomic E-state index is 0.448. The van der Waals surface area contributed by atoms with E-state index in [-0.39, 0.29) is 0 Å². The first-order valence-electron chi connectivity index (χ1n) is 4.35. The molecule has 0 aromatic heterocycles. The standard InChI is InChI=1S/C10H10ClNO2S2/c1-12(2)9(15)16-10(13)14-8-5-3-7(11)4-6-8/h3-6H,1-2H3. The zero-order valence-corrected chi connectivity index (χ0v) is 11.2. The smallest absolute Gasteiger partial charge is 0.379 e. The van der Waals surface area contributed by atoms with Gasteiger partial charge in [-0.3, -0.25) is 0 Å². The van der Waals surface area contributed by atoms with Crippen LogP contribution in [0.1, 0.15) is 0 Å². The molecule has 1 aromatic carbocycles. The summed E-state index contributed by atoms with van der Waals surface area (Å²) in [6.07, 6.45) is 0. The number of thiocarbonyl (C=S) groups is 1. The summed E-state index contributed by atoms with van der Waals surface area (Å²) < 4.78 is 5.50. The highest BCUT2D eigenvalue weighted by molar-refractivity contribution is 8.32. The Morgan fingerprint density at radius 1 is 1.38 bits per heavy atom. The van der Waals surface area contributed by atoms with Gasteiger partial charge in [-0.25, -0.2) is 4.79 Å². The third kappa shape index (κ3) is 4.38. The Labute approximate surface area is 109 Å². The predicted molar refractivity (Wildman–Crippen MR) is 71.4 cm³/mol. The summed E-state index contributed by atoms with van der Waals surface area (Å²) in [5.41, 5.74) is 0. The van der Waals surface area contributed by atoms with Crippen LogP contribution in [0.5, 0.6) is 5.75 Å². The molecule has 6 heteroatoms. The average Bonchev–Trinajstić information content (AvgIpc) is 2.21. The number of benzene rings is 1. The molecule has 0 heterocycles. The second-order valence-electron chi connectivity index (χ2n) is 3.07. The van der Waals surface area contributed by atoms with E-state index in [1.807, 2.05) is 0 Å². The molecule has 0 unspecified atom stereocenters. The second kappa shape index (κ2) is 6.08. The van der Waals surface area contributed by atoms with Gasteiger partial charge in [0.25, 0.3) is 0 Å². The number of ether oxygens (including phenoxy) is 1. The molecule has 1 aromatic rings. The Balaban J connectivity index is 2.52. The topological polar surface area (TPSA) is 29.5 Å². The van der Waals surface area contributed by atoms with Crippen LogP contribution in [-0.4, -0.2) is 28.6 Å². The van der Waals surface area contributed by atoms with Gasteiger partial charge in [0.15, 0.2) is 0 Å². The molecule has 3 nitrogen and oxygen atoms in total. The van der Waals surface area contributed by atoms with Gasteiger partial charge in [0.05, 0.1) is 0 Å². The number of nitrogens with zero attached hydrogens (tertiary/aromatic N) is 1. The Bertz CT molecular complexity index is 392. The highest BCUT2D eigenvalue weighted by Crippen LogP contribution is 2.19. The van der Waals surface area contributed by atoms with E-state index < -0.39 is 5.30 Å². The molecule has 0 fully saturated rings. The molecule has 0 bridgehead atoms. The van der Waals surface area contributed by atoms with E-state index in [2.05, 4.69) is 0 Å². The lowest BCUT2D eigenvalue weighted by atomic mass is 10.3. The second-order valence-corrected chi connectivity index (χ2v) is 5.07. The SMILES string of the molecule is CN(C)C(=S)SC(=O)Oc1ccc(Cl)cc1. The van der Waals surface area contributed by atoms with Crippen molar-refractivity contribution in [2.24, 2.45) is 0 Å². The first-order valence-corrected chi connectivity index (χ1v) is 5.96. The third-order valence-electron chi connectivity index (χ3n) is 1.55. The number of rotatable bonds is 1. The molecular formula is C10H10ClNO2S2. The Kier molecular flexibility index (Phi) is 5.05. The van der Waals surface area contributed by atoms with E-state index in [4.69, 9.17) is 28.6 Å². The number of thioether (sulfide) groups is 1. The minimum atomic E-state index is -0.457. The molecule has 86 valence electrons. The minimum Gasteiger partial charge on any atom is -0.418 e. The normalized spacial score (nSPS) is 9.69. The molecule has 0 N–H and O–H groups in total. The molecule has 0 aliphatic carbocycles. The summed E-state index contributed by atoms with van der Waals surface area (Å²) in [5.74, 6) is 0.448. The molecule has 0 amide bonds. The molecule has 0 aliphatic heterocycles. The highest BCUT2D eigenvalue weighted by atomic mass is 35.5. The first-order chi connectivity index (χ1) is 7.49. The van der Waals surface area contributed by atoms with E-state index in [0.29, 0.717) is 15.1 Å². The van der Waals surface area contributed by atoms with Crippen molar-refractivity contribution >= 4 is 45.2 Å². The zero-order chi connectivity index (χ0) is 12.1. The van der Waals surface area contributed by atoms with E-state index in [0.717, 1.165) is 11.8 Å². The van der Waals surface area contributed by atoms with Crippen LogP contribution in [-0.2, 0) is 0 Å². The molecule has 0 radical (unpaired) electrons. The number of halogens is 1. The van der Waals surface area contributed by atoms with Crippen LogP contribution in [0.3, 0.4) is 0 Å². The van der Waals surface area contributed by atoms with Crippen LogP contribution in [0.25, 0.3) is 0 Å². The van der Waals surface area contributed by atoms with Crippen LogP contribution >= 0.6 is 35.6 Å². The lowest BCUT2D eigenvalue weighted by Gasteiger charge is -2.11. The van der Waals surface area contributed by atoms with Crippen molar-refractivity contribution in [3.8, 4) is 5.75 Å². The Morgan fingerprint density at radius 3 is 2.44 bits per heavy atom. The van der Waals surface area contributed by atoms with Gasteiger partial charge < -0.3 is 9.64 Å². The maximum absolute atomic E-state index is 11.4. The van der Waals surface area contributed by atoms with Crippen molar-refractivity contribution in [2.45, 2.75) is 0 Å². The number of hydrogen-bond donors (Lipinski definition) is 0. The van der Waals surface area contributed by atoms with Gasteiger partial charge >= 0.3 is 5.30 Å². The maximum Gasteiger partial charge on any atom is 0.379 e. The van der Waals surface area contributed by atoms with Crippen molar-refractivity contribution in [2.75, 3.05) is 14.1 Å². The fraction of sp³-hybridized carbons (Fsp3) is 0.200. The summed E-state index contributed by atoms with van der Waals surface area (Å²) in [5, 5.41) is 0.136. The van der Waals surface area contributed by atoms with Gasteiger partial charge in [0, 0.05) is 30.9 Å². The van der Waals surface area contributed by atoms with Gasteiger partial charge in [-0.2, -0.15) is 0 Å². The van der Waals surface area contributed by atoms with Crippen LogP contribution in [0.15, 0.2) is 24.3 Å². The largest absolute Gasteiger partial charge is 0.418 e. The summed E-state index contributed by atoms with van der Waals surface area (Å²) in [7, 11) is 3.54. The quantitative estimate of drug-likeness (QED) is 0.579. The van der Waals surface area contributed by atoms with Gasteiger partial charge in [0.2, 0.25) is 0 Å².